The first-order valence-electron chi connectivity index (χ1n) is 13.9. The van der Waals surface area contributed by atoms with Crippen LogP contribution in [0.25, 0.3) is 87.6 Å². The van der Waals surface area contributed by atoms with Gasteiger partial charge < -0.3 is 4.42 Å². The van der Waals surface area contributed by atoms with Gasteiger partial charge in [0.1, 0.15) is 11.2 Å². The molecule has 0 aliphatic carbocycles. The molecule has 1 nitrogen and oxygen atoms in total. The molecule has 188 valence electrons. The molecule has 1 heteroatoms. The Morgan fingerprint density at radius 3 is 1.95 bits per heavy atom. The van der Waals surface area contributed by atoms with Crippen LogP contribution >= 0.6 is 0 Å². The number of furan rings is 1. The summed E-state index contributed by atoms with van der Waals surface area (Å²) in [6.07, 6.45) is 0. The van der Waals surface area contributed by atoms with E-state index in [-0.39, 0.29) is 0 Å². The van der Waals surface area contributed by atoms with Gasteiger partial charge in [0.05, 0.1) is 0 Å². The maximum absolute atomic E-state index is 6.16. The summed E-state index contributed by atoms with van der Waals surface area (Å²) < 4.78 is 6.16. The van der Waals surface area contributed by atoms with Gasteiger partial charge in [-0.2, -0.15) is 0 Å². The van der Waals surface area contributed by atoms with Crippen LogP contribution in [0.2, 0.25) is 0 Å². The standard InChI is InChI=1S/C40H22O/c1-2-7-26(8-3-1)35-24-36(34-22-18-29-10-6-9-28-17-21-33(35)40(34)39(28)29)27-15-13-25(14-16-27)30-19-20-32-31-11-4-5-12-37(31)41-38(32)23-30/h1-5,7-8,10-24H. The first-order chi connectivity index (χ1) is 20.3. The highest BCUT2D eigenvalue weighted by Crippen LogP contribution is 2.44. The van der Waals surface area contributed by atoms with Gasteiger partial charge in [-0.25, -0.2) is 0 Å². The van der Waals surface area contributed by atoms with Gasteiger partial charge in [-0.15, -0.1) is 0 Å². The molecular formula is C40H22O. The molecule has 1 aromatic heterocycles. The summed E-state index contributed by atoms with van der Waals surface area (Å²) in [5, 5.41) is 9.69. The van der Waals surface area contributed by atoms with E-state index < -0.39 is 0 Å². The van der Waals surface area contributed by atoms with Crippen molar-refractivity contribution >= 4 is 54.3 Å². The topological polar surface area (TPSA) is 13.1 Å². The largest absolute Gasteiger partial charge is 0.456 e. The summed E-state index contributed by atoms with van der Waals surface area (Å²) in [5.74, 6) is 0. The lowest BCUT2D eigenvalue weighted by molar-refractivity contribution is 0.669. The van der Waals surface area contributed by atoms with E-state index in [1.54, 1.807) is 0 Å². The number of para-hydroxylation sites is 1. The monoisotopic (exact) mass is 518 g/mol. The first kappa shape index (κ1) is 22.3. The highest BCUT2D eigenvalue weighted by Gasteiger charge is 2.17. The number of hydrogen-bond acceptors (Lipinski definition) is 1. The van der Waals surface area contributed by atoms with E-state index in [9.17, 15) is 0 Å². The van der Waals surface area contributed by atoms with E-state index in [0.717, 1.165) is 32.9 Å². The van der Waals surface area contributed by atoms with E-state index in [0.29, 0.717) is 0 Å². The molecule has 0 N–H and O–H groups in total. The summed E-state index contributed by atoms with van der Waals surface area (Å²) in [5.41, 5.74) is 9.06. The highest BCUT2D eigenvalue weighted by atomic mass is 16.3. The van der Waals surface area contributed by atoms with Gasteiger partial charge in [-0.1, -0.05) is 109 Å². The third-order valence-electron chi connectivity index (χ3n) is 8.49. The Labute approximate surface area is 237 Å². The van der Waals surface area contributed by atoms with Crippen LogP contribution in [0, 0.1) is 12.1 Å². The lowest BCUT2D eigenvalue weighted by Crippen LogP contribution is -1.91. The lowest BCUT2D eigenvalue weighted by atomic mass is 9.85. The van der Waals surface area contributed by atoms with Crippen molar-refractivity contribution in [2.24, 2.45) is 0 Å². The maximum Gasteiger partial charge on any atom is 0.136 e. The van der Waals surface area contributed by atoms with Crippen LogP contribution in [0.15, 0.2) is 138 Å². The van der Waals surface area contributed by atoms with Gasteiger partial charge in [0.2, 0.25) is 0 Å². The Balaban J connectivity index is 1.24. The molecule has 8 aromatic carbocycles. The van der Waals surface area contributed by atoms with Crippen LogP contribution in [0.3, 0.4) is 0 Å². The molecule has 0 amide bonds. The molecular weight excluding hydrogens is 496 g/mol. The first-order valence-corrected chi connectivity index (χ1v) is 13.9. The van der Waals surface area contributed by atoms with Gasteiger partial charge in [-0.3, -0.25) is 0 Å². The van der Waals surface area contributed by atoms with E-state index in [1.165, 1.54) is 54.7 Å². The Kier molecular flexibility index (Phi) is 4.59. The predicted octanol–water partition coefficient (Wildman–Crippen LogP) is 11.1. The van der Waals surface area contributed by atoms with Crippen LogP contribution in [0.4, 0.5) is 0 Å². The third kappa shape index (κ3) is 3.32. The molecule has 0 saturated carbocycles. The molecule has 0 atom stereocenters. The van der Waals surface area contributed by atoms with Crippen molar-refractivity contribution in [1.29, 1.82) is 0 Å². The average Bonchev–Trinajstić information content (AvgIpc) is 3.42. The zero-order valence-corrected chi connectivity index (χ0v) is 22.1. The SMILES string of the molecule is c1cc2ccc3c(-c4ccc(-c5ccc6c(c5)oc5ccccc56)cc4)cc(-c4ccccc4)c4ccc(c#1)c2c43. The van der Waals surface area contributed by atoms with Crippen molar-refractivity contribution in [2.75, 3.05) is 0 Å². The number of benzene rings is 7. The van der Waals surface area contributed by atoms with Gasteiger partial charge in [0.15, 0.2) is 0 Å². The van der Waals surface area contributed by atoms with E-state index in [4.69, 9.17) is 4.42 Å². The minimum Gasteiger partial charge on any atom is -0.456 e. The van der Waals surface area contributed by atoms with Crippen molar-refractivity contribution in [2.45, 2.75) is 0 Å². The number of hydrogen-bond donors (Lipinski definition) is 0. The smallest absolute Gasteiger partial charge is 0.136 e. The van der Waals surface area contributed by atoms with Gasteiger partial charge >= 0.3 is 0 Å². The Bertz CT molecular complexity index is 2380. The number of rotatable bonds is 3. The zero-order chi connectivity index (χ0) is 26.9. The molecule has 0 radical (unpaired) electrons. The van der Waals surface area contributed by atoms with Gasteiger partial charge in [-0.05, 0) is 91.3 Å². The second kappa shape index (κ2) is 8.46. The molecule has 0 saturated heterocycles. The van der Waals surface area contributed by atoms with E-state index >= 15 is 0 Å². The Morgan fingerprint density at radius 1 is 0.439 bits per heavy atom. The van der Waals surface area contributed by atoms with Crippen LogP contribution < -0.4 is 0 Å². The van der Waals surface area contributed by atoms with Crippen LogP contribution in [0.1, 0.15) is 0 Å². The molecule has 0 bridgehead atoms. The zero-order valence-electron chi connectivity index (χ0n) is 22.1. The van der Waals surface area contributed by atoms with Crippen molar-refractivity contribution in [1.82, 2.24) is 0 Å². The van der Waals surface area contributed by atoms with Crippen molar-refractivity contribution in [3.8, 4) is 33.4 Å². The molecule has 0 aliphatic heterocycles. The Morgan fingerprint density at radius 2 is 1.10 bits per heavy atom. The van der Waals surface area contributed by atoms with Crippen LogP contribution in [-0.4, -0.2) is 0 Å². The lowest BCUT2D eigenvalue weighted by Gasteiger charge is -2.17. The molecule has 1 heterocycles. The van der Waals surface area contributed by atoms with Gasteiger partial charge in [0.25, 0.3) is 0 Å². The molecule has 0 aliphatic rings. The van der Waals surface area contributed by atoms with Crippen molar-refractivity contribution < 1.29 is 4.42 Å². The van der Waals surface area contributed by atoms with Crippen LogP contribution in [-0.2, 0) is 0 Å². The molecule has 9 aromatic rings. The molecule has 0 unspecified atom stereocenters. The second-order valence-electron chi connectivity index (χ2n) is 10.8. The molecule has 9 rings (SSSR count). The van der Waals surface area contributed by atoms with E-state index in [1.807, 2.05) is 18.2 Å². The average molecular weight is 519 g/mol. The Hall–Kier alpha value is -5.58. The fraction of sp³-hybridized carbons (Fsp3) is 0. The quantitative estimate of drug-likeness (QED) is 0.227. The van der Waals surface area contributed by atoms with Crippen molar-refractivity contribution in [3.05, 3.63) is 146 Å². The third-order valence-corrected chi connectivity index (χ3v) is 8.49. The fourth-order valence-corrected chi connectivity index (χ4v) is 6.53. The molecule has 0 fully saturated rings. The second-order valence-corrected chi connectivity index (χ2v) is 10.8. The molecule has 41 heavy (non-hydrogen) atoms. The molecule has 0 spiro atoms. The maximum atomic E-state index is 6.16. The summed E-state index contributed by atoms with van der Waals surface area (Å²) in [7, 11) is 0. The van der Waals surface area contributed by atoms with Crippen molar-refractivity contribution in [3.63, 3.8) is 0 Å². The van der Waals surface area contributed by atoms with Crippen LogP contribution in [0.5, 0.6) is 0 Å². The summed E-state index contributed by atoms with van der Waals surface area (Å²) >= 11 is 0. The minimum atomic E-state index is 0.918. The minimum absolute atomic E-state index is 0.918. The highest BCUT2D eigenvalue weighted by molar-refractivity contribution is 6.27. The summed E-state index contributed by atoms with van der Waals surface area (Å²) in [6, 6.07) is 54.3. The summed E-state index contributed by atoms with van der Waals surface area (Å²) in [4.78, 5) is 0. The number of fused-ring (bicyclic) bond motifs is 3. The van der Waals surface area contributed by atoms with Gasteiger partial charge in [0, 0.05) is 21.5 Å². The fourth-order valence-electron chi connectivity index (χ4n) is 6.53. The van der Waals surface area contributed by atoms with E-state index in [2.05, 4.69) is 127 Å². The normalized spacial score (nSPS) is 11.7. The summed E-state index contributed by atoms with van der Waals surface area (Å²) in [6.45, 7) is 0. The predicted molar refractivity (Wildman–Crippen MR) is 171 cm³/mol.